The molecule has 0 unspecified atom stereocenters. The monoisotopic (exact) mass is 236 g/mol. The molecule has 0 saturated carbocycles. The Labute approximate surface area is 101 Å². The minimum Gasteiger partial charge on any atom is -0.388 e. The van der Waals surface area contributed by atoms with Crippen molar-refractivity contribution in [1.29, 1.82) is 5.26 Å². The van der Waals surface area contributed by atoms with Crippen molar-refractivity contribution in [3.63, 3.8) is 0 Å². The van der Waals surface area contributed by atoms with E-state index in [1.165, 1.54) is 12.1 Å². The third kappa shape index (κ3) is 3.43. The van der Waals surface area contributed by atoms with Crippen LogP contribution in [0, 0.1) is 17.1 Å². The lowest BCUT2D eigenvalue weighted by Gasteiger charge is -2.26. The van der Waals surface area contributed by atoms with Crippen LogP contribution in [0.3, 0.4) is 0 Å². The number of rotatable bonds is 5. The molecule has 0 aliphatic heterocycles. The number of benzene rings is 1. The van der Waals surface area contributed by atoms with Crippen molar-refractivity contribution in [2.24, 2.45) is 0 Å². The van der Waals surface area contributed by atoms with E-state index in [0.29, 0.717) is 25.1 Å². The molecule has 1 aromatic rings. The van der Waals surface area contributed by atoms with Crippen LogP contribution in [-0.4, -0.2) is 17.3 Å². The van der Waals surface area contributed by atoms with Crippen LogP contribution in [-0.2, 0) is 0 Å². The molecule has 3 nitrogen and oxygen atoms in total. The highest BCUT2D eigenvalue weighted by atomic mass is 19.1. The lowest BCUT2D eigenvalue weighted by atomic mass is 9.97. The third-order valence-electron chi connectivity index (χ3n) is 3.02. The van der Waals surface area contributed by atoms with Gasteiger partial charge in [-0.15, -0.1) is 0 Å². The molecule has 1 rings (SSSR count). The Balaban J connectivity index is 2.74. The number of hydrogen-bond donors (Lipinski definition) is 2. The molecule has 0 spiro atoms. The maximum atomic E-state index is 13.1. The maximum absolute atomic E-state index is 13.1. The van der Waals surface area contributed by atoms with Gasteiger partial charge in [0.1, 0.15) is 11.9 Å². The van der Waals surface area contributed by atoms with E-state index in [-0.39, 0.29) is 5.56 Å². The van der Waals surface area contributed by atoms with Crippen LogP contribution in [0.1, 0.15) is 32.3 Å². The molecule has 1 aromatic carbocycles. The van der Waals surface area contributed by atoms with Gasteiger partial charge < -0.3 is 10.4 Å². The zero-order valence-electron chi connectivity index (χ0n) is 10.1. The Morgan fingerprint density at radius 2 is 2.06 bits per heavy atom. The van der Waals surface area contributed by atoms with Gasteiger partial charge >= 0.3 is 0 Å². The van der Waals surface area contributed by atoms with Crippen LogP contribution in [0.25, 0.3) is 0 Å². The largest absolute Gasteiger partial charge is 0.388 e. The normalized spacial score (nSPS) is 11.0. The zero-order chi connectivity index (χ0) is 12.9. The number of aliphatic hydroxyl groups is 1. The molecule has 0 bridgehead atoms. The fourth-order valence-corrected chi connectivity index (χ4v) is 1.49. The van der Waals surface area contributed by atoms with Crippen molar-refractivity contribution >= 4 is 5.69 Å². The average molecular weight is 236 g/mol. The second kappa shape index (κ2) is 5.65. The van der Waals surface area contributed by atoms with E-state index in [1.807, 2.05) is 13.8 Å². The average Bonchev–Trinajstić information content (AvgIpc) is 2.37. The molecule has 0 radical (unpaired) electrons. The van der Waals surface area contributed by atoms with E-state index in [9.17, 15) is 9.50 Å². The quantitative estimate of drug-likeness (QED) is 0.826. The van der Waals surface area contributed by atoms with Gasteiger partial charge in [0.2, 0.25) is 0 Å². The van der Waals surface area contributed by atoms with E-state index < -0.39 is 11.4 Å². The first-order valence-electron chi connectivity index (χ1n) is 5.70. The van der Waals surface area contributed by atoms with Gasteiger partial charge in [-0.1, -0.05) is 13.8 Å². The van der Waals surface area contributed by atoms with E-state index in [0.717, 1.165) is 0 Å². The Morgan fingerprint density at radius 3 is 2.59 bits per heavy atom. The highest BCUT2D eigenvalue weighted by Crippen LogP contribution is 2.18. The van der Waals surface area contributed by atoms with E-state index in [2.05, 4.69) is 5.32 Å². The van der Waals surface area contributed by atoms with Crippen LogP contribution >= 0.6 is 0 Å². The van der Waals surface area contributed by atoms with E-state index in [4.69, 9.17) is 5.26 Å². The Hall–Kier alpha value is -1.60. The molecule has 4 heteroatoms. The van der Waals surface area contributed by atoms with Crippen molar-refractivity contribution < 1.29 is 9.50 Å². The molecule has 92 valence electrons. The van der Waals surface area contributed by atoms with Crippen molar-refractivity contribution in [1.82, 2.24) is 0 Å². The molecule has 2 N–H and O–H groups in total. The molecule has 0 heterocycles. The molecule has 0 aromatic heterocycles. The molecule has 0 amide bonds. The highest BCUT2D eigenvalue weighted by Gasteiger charge is 2.21. The Morgan fingerprint density at radius 1 is 1.41 bits per heavy atom. The van der Waals surface area contributed by atoms with Gasteiger partial charge in [-0.05, 0) is 31.0 Å². The van der Waals surface area contributed by atoms with Crippen LogP contribution < -0.4 is 5.32 Å². The first kappa shape index (κ1) is 13.5. The van der Waals surface area contributed by atoms with Gasteiger partial charge in [-0.2, -0.15) is 5.26 Å². The van der Waals surface area contributed by atoms with Crippen molar-refractivity contribution in [3.05, 3.63) is 29.6 Å². The summed E-state index contributed by atoms with van der Waals surface area (Å²) in [6.45, 7) is 4.21. The summed E-state index contributed by atoms with van der Waals surface area (Å²) in [7, 11) is 0. The van der Waals surface area contributed by atoms with Crippen LogP contribution in [0.4, 0.5) is 10.1 Å². The minimum atomic E-state index is -0.763. The van der Waals surface area contributed by atoms with Gasteiger partial charge in [0, 0.05) is 12.2 Å². The summed E-state index contributed by atoms with van der Waals surface area (Å²) in [6, 6.07) is 6.03. The van der Waals surface area contributed by atoms with E-state index in [1.54, 1.807) is 12.1 Å². The summed E-state index contributed by atoms with van der Waals surface area (Å²) in [5.41, 5.74) is -0.115. The molecule has 0 fully saturated rings. The maximum Gasteiger partial charge on any atom is 0.141 e. The molecule has 17 heavy (non-hydrogen) atoms. The van der Waals surface area contributed by atoms with Crippen LogP contribution in [0.2, 0.25) is 0 Å². The summed E-state index contributed by atoms with van der Waals surface area (Å²) < 4.78 is 13.1. The van der Waals surface area contributed by atoms with Crippen molar-refractivity contribution in [2.45, 2.75) is 32.3 Å². The number of halogens is 1. The summed E-state index contributed by atoms with van der Waals surface area (Å²) in [5.74, 6) is -0.528. The Kier molecular flexibility index (Phi) is 4.47. The lowest BCUT2D eigenvalue weighted by Crippen LogP contribution is -2.35. The smallest absolute Gasteiger partial charge is 0.141 e. The standard InChI is InChI=1S/C13H17FN2O/c1-3-13(17,4-2)9-16-11-5-6-12(14)10(7-11)8-15/h5-7,16-17H,3-4,9H2,1-2H3. The molecule has 0 saturated heterocycles. The summed E-state index contributed by atoms with van der Waals surface area (Å²) in [4.78, 5) is 0. The highest BCUT2D eigenvalue weighted by molar-refractivity contribution is 5.50. The topological polar surface area (TPSA) is 56.0 Å². The van der Waals surface area contributed by atoms with Gasteiger partial charge in [0.25, 0.3) is 0 Å². The van der Waals surface area contributed by atoms with Gasteiger partial charge in [-0.3, -0.25) is 0 Å². The minimum absolute atomic E-state index is 0.00605. The first-order chi connectivity index (χ1) is 8.04. The molecule has 0 aliphatic carbocycles. The molecule has 0 atom stereocenters. The fraction of sp³-hybridized carbons (Fsp3) is 0.462. The van der Waals surface area contributed by atoms with Crippen molar-refractivity contribution in [2.75, 3.05) is 11.9 Å². The number of nitrogens with zero attached hydrogens (tertiary/aromatic N) is 1. The second-order valence-corrected chi connectivity index (χ2v) is 4.09. The predicted molar refractivity (Wildman–Crippen MR) is 65.1 cm³/mol. The van der Waals surface area contributed by atoms with Gasteiger partial charge in [0.15, 0.2) is 0 Å². The Bertz CT molecular complexity index is 422. The number of nitriles is 1. The number of nitrogens with one attached hydrogen (secondary N) is 1. The SMILES string of the molecule is CCC(O)(CC)CNc1ccc(F)c(C#N)c1. The molecule has 0 aliphatic rings. The van der Waals surface area contributed by atoms with Gasteiger partial charge in [-0.25, -0.2) is 4.39 Å². The molecular formula is C13H17FN2O. The molecular weight excluding hydrogens is 219 g/mol. The number of hydrogen-bond acceptors (Lipinski definition) is 3. The summed E-state index contributed by atoms with van der Waals surface area (Å²) in [5, 5.41) is 21.8. The van der Waals surface area contributed by atoms with Crippen LogP contribution in [0.5, 0.6) is 0 Å². The zero-order valence-corrected chi connectivity index (χ0v) is 10.1. The van der Waals surface area contributed by atoms with Crippen molar-refractivity contribution in [3.8, 4) is 6.07 Å². The number of anilines is 1. The fourth-order valence-electron chi connectivity index (χ4n) is 1.49. The summed E-state index contributed by atoms with van der Waals surface area (Å²) in [6.07, 6.45) is 1.28. The lowest BCUT2D eigenvalue weighted by molar-refractivity contribution is 0.0457. The first-order valence-corrected chi connectivity index (χ1v) is 5.70. The van der Waals surface area contributed by atoms with Crippen LogP contribution in [0.15, 0.2) is 18.2 Å². The van der Waals surface area contributed by atoms with E-state index >= 15 is 0 Å². The second-order valence-electron chi connectivity index (χ2n) is 4.09. The summed E-state index contributed by atoms with van der Waals surface area (Å²) >= 11 is 0. The third-order valence-corrected chi connectivity index (χ3v) is 3.02. The van der Waals surface area contributed by atoms with Gasteiger partial charge in [0.05, 0.1) is 11.2 Å². The predicted octanol–water partition coefficient (Wildman–Crippen LogP) is 2.66.